The molecule has 1 unspecified atom stereocenters. The van der Waals surface area contributed by atoms with Gasteiger partial charge in [-0.05, 0) is 35.7 Å². The molecule has 0 amide bonds. The van der Waals surface area contributed by atoms with Crippen molar-refractivity contribution in [3.63, 3.8) is 0 Å². The Morgan fingerprint density at radius 1 is 1.21 bits per heavy atom. The van der Waals surface area contributed by atoms with E-state index in [4.69, 9.17) is 23.2 Å². The molecule has 100 valence electrons. The Labute approximate surface area is 121 Å². The molecule has 0 bridgehead atoms. The van der Waals surface area contributed by atoms with Crippen molar-refractivity contribution in [2.45, 2.75) is 19.4 Å². The lowest BCUT2D eigenvalue weighted by Gasteiger charge is -2.14. The number of hydrogen-bond acceptors (Lipinski definition) is 1. The Balaban J connectivity index is 2.25. The Kier molecular flexibility index (Phi) is 4.46. The summed E-state index contributed by atoms with van der Waals surface area (Å²) >= 11 is 11.8. The minimum absolute atomic E-state index is 0.159. The SMILES string of the molecule is Cc1cccc(C(O)Cc2ccc(Cl)cc2F)c1Cl. The molecule has 0 saturated carbocycles. The van der Waals surface area contributed by atoms with Crippen molar-refractivity contribution in [1.82, 2.24) is 0 Å². The molecule has 2 aromatic carbocycles. The normalized spacial score (nSPS) is 12.5. The smallest absolute Gasteiger partial charge is 0.127 e. The zero-order valence-corrected chi connectivity index (χ0v) is 11.8. The molecule has 0 spiro atoms. The summed E-state index contributed by atoms with van der Waals surface area (Å²) in [7, 11) is 0. The van der Waals surface area contributed by atoms with E-state index in [1.165, 1.54) is 6.07 Å². The summed E-state index contributed by atoms with van der Waals surface area (Å²) < 4.78 is 13.7. The predicted octanol–water partition coefficient (Wildman–Crippen LogP) is 4.72. The highest BCUT2D eigenvalue weighted by Crippen LogP contribution is 2.29. The second-order valence-corrected chi connectivity index (χ2v) is 5.25. The van der Waals surface area contributed by atoms with Gasteiger partial charge in [0.15, 0.2) is 0 Å². The lowest BCUT2D eigenvalue weighted by atomic mass is 9.99. The molecule has 0 aliphatic heterocycles. The third kappa shape index (κ3) is 3.27. The van der Waals surface area contributed by atoms with Crippen molar-refractivity contribution in [3.05, 3.63) is 69.0 Å². The van der Waals surface area contributed by atoms with Gasteiger partial charge in [0.05, 0.1) is 6.10 Å². The first-order valence-electron chi connectivity index (χ1n) is 5.86. The van der Waals surface area contributed by atoms with Gasteiger partial charge < -0.3 is 5.11 Å². The van der Waals surface area contributed by atoms with Gasteiger partial charge in [0.2, 0.25) is 0 Å². The molecule has 0 heterocycles. The van der Waals surface area contributed by atoms with Gasteiger partial charge in [0.1, 0.15) is 5.82 Å². The molecule has 0 aromatic heterocycles. The molecule has 0 aliphatic carbocycles. The van der Waals surface area contributed by atoms with Gasteiger partial charge in [-0.25, -0.2) is 4.39 Å². The molecule has 0 aliphatic rings. The number of aliphatic hydroxyl groups is 1. The van der Waals surface area contributed by atoms with Crippen molar-refractivity contribution >= 4 is 23.2 Å². The Bertz CT molecular complexity index is 599. The maximum absolute atomic E-state index is 13.7. The molecule has 1 N–H and O–H groups in total. The fourth-order valence-electron chi connectivity index (χ4n) is 1.93. The van der Waals surface area contributed by atoms with E-state index in [2.05, 4.69) is 0 Å². The third-order valence-corrected chi connectivity index (χ3v) is 3.76. The highest BCUT2D eigenvalue weighted by molar-refractivity contribution is 6.32. The van der Waals surface area contributed by atoms with Crippen LogP contribution in [0.15, 0.2) is 36.4 Å². The van der Waals surface area contributed by atoms with Crippen molar-refractivity contribution < 1.29 is 9.50 Å². The van der Waals surface area contributed by atoms with Gasteiger partial charge in [-0.2, -0.15) is 0 Å². The topological polar surface area (TPSA) is 20.2 Å². The van der Waals surface area contributed by atoms with E-state index in [0.29, 0.717) is 21.2 Å². The van der Waals surface area contributed by atoms with Crippen LogP contribution in [0.2, 0.25) is 10.0 Å². The first-order valence-corrected chi connectivity index (χ1v) is 6.61. The number of benzene rings is 2. The van der Waals surface area contributed by atoms with Crippen LogP contribution in [0.3, 0.4) is 0 Å². The van der Waals surface area contributed by atoms with Crippen LogP contribution in [0.1, 0.15) is 22.8 Å². The van der Waals surface area contributed by atoms with Gasteiger partial charge in [-0.1, -0.05) is 47.5 Å². The van der Waals surface area contributed by atoms with Crippen LogP contribution in [0.25, 0.3) is 0 Å². The number of halogens is 3. The molecule has 1 atom stereocenters. The standard InChI is InChI=1S/C15H13Cl2FO/c1-9-3-2-4-12(15(9)17)14(19)7-10-5-6-11(16)8-13(10)18/h2-6,8,14,19H,7H2,1H3. The number of aryl methyl sites for hydroxylation is 1. The highest BCUT2D eigenvalue weighted by atomic mass is 35.5. The minimum Gasteiger partial charge on any atom is -0.388 e. The molecule has 19 heavy (non-hydrogen) atoms. The first-order chi connectivity index (χ1) is 8.99. The van der Waals surface area contributed by atoms with E-state index >= 15 is 0 Å². The lowest BCUT2D eigenvalue weighted by molar-refractivity contribution is 0.177. The minimum atomic E-state index is -0.844. The van der Waals surface area contributed by atoms with E-state index < -0.39 is 11.9 Å². The third-order valence-electron chi connectivity index (χ3n) is 3.01. The molecule has 2 aromatic rings. The summed E-state index contributed by atoms with van der Waals surface area (Å²) in [6, 6.07) is 9.84. The van der Waals surface area contributed by atoms with Gasteiger partial charge in [0.25, 0.3) is 0 Å². The van der Waals surface area contributed by atoms with Crippen molar-refractivity contribution in [2.75, 3.05) is 0 Å². The molecule has 0 fully saturated rings. The molecular formula is C15H13Cl2FO. The van der Waals surface area contributed by atoms with Gasteiger partial charge in [-0.3, -0.25) is 0 Å². The summed E-state index contributed by atoms with van der Waals surface area (Å²) in [6.45, 7) is 1.86. The maximum atomic E-state index is 13.7. The van der Waals surface area contributed by atoms with E-state index in [-0.39, 0.29) is 6.42 Å². The van der Waals surface area contributed by atoms with Crippen LogP contribution in [0.5, 0.6) is 0 Å². The molecular weight excluding hydrogens is 286 g/mol. The second kappa shape index (κ2) is 5.91. The average Bonchev–Trinajstić information content (AvgIpc) is 2.36. The number of hydrogen-bond donors (Lipinski definition) is 1. The van der Waals surface area contributed by atoms with Crippen LogP contribution in [-0.2, 0) is 6.42 Å². The van der Waals surface area contributed by atoms with Crippen LogP contribution in [0.4, 0.5) is 4.39 Å². The lowest BCUT2D eigenvalue weighted by Crippen LogP contribution is -2.05. The molecule has 2 rings (SSSR count). The van der Waals surface area contributed by atoms with E-state index in [1.807, 2.05) is 19.1 Å². The Morgan fingerprint density at radius 3 is 2.63 bits per heavy atom. The Hall–Kier alpha value is -1.09. The monoisotopic (exact) mass is 298 g/mol. The molecule has 0 saturated heterocycles. The first kappa shape index (κ1) is 14.3. The second-order valence-electron chi connectivity index (χ2n) is 4.43. The highest BCUT2D eigenvalue weighted by Gasteiger charge is 2.15. The van der Waals surface area contributed by atoms with E-state index in [9.17, 15) is 9.50 Å². The molecule has 0 radical (unpaired) electrons. The predicted molar refractivity (Wildman–Crippen MR) is 76.3 cm³/mol. The van der Waals surface area contributed by atoms with Crippen molar-refractivity contribution in [3.8, 4) is 0 Å². The van der Waals surface area contributed by atoms with Crippen LogP contribution < -0.4 is 0 Å². The number of rotatable bonds is 3. The average molecular weight is 299 g/mol. The van der Waals surface area contributed by atoms with Gasteiger partial charge in [0, 0.05) is 16.5 Å². The summed E-state index contributed by atoms with van der Waals surface area (Å²) in [5, 5.41) is 11.0. The molecule has 4 heteroatoms. The molecule has 1 nitrogen and oxygen atoms in total. The van der Waals surface area contributed by atoms with Gasteiger partial charge in [-0.15, -0.1) is 0 Å². The van der Waals surface area contributed by atoms with Crippen molar-refractivity contribution in [1.29, 1.82) is 0 Å². The summed E-state index contributed by atoms with van der Waals surface area (Å²) in [5.41, 5.74) is 1.90. The quantitative estimate of drug-likeness (QED) is 0.869. The van der Waals surface area contributed by atoms with E-state index in [1.54, 1.807) is 18.2 Å². The van der Waals surface area contributed by atoms with Crippen LogP contribution in [0, 0.1) is 12.7 Å². The zero-order valence-electron chi connectivity index (χ0n) is 10.3. The summed E-state index contributed by atoms with van der Waals surface area (Å²) in [5.74, 6) is -0.421. The zero-order chi connectivity index (χ0) is 14.0. The fourth-order valence-corrected chi connectivity index (χ4v) is 2.34. The van der Waals surface area contributed by atoms with E-state index in [0.717, 1.165) is 5.56 Å². The summed E-state index contributed by atoms with van der Waals surface area (Å²) in [6.07, 6.45) is -0.685. The van der Waals surface area contributed by atoms with Crippen LogP contribution in [-0.4, -0.2) is 5.11 Å². The Morgan fingerprint density at radius 2 is 1.95 bits per heavy atom. The van der Waals surface area contributed by atoms with Crippen LogP contribution >= 0.6 is 23.2 Å². The number of aliphatic hydroxyl groups excluding tert-OH is 1. The fraction of sp³-hybridized carbons (Fsp3) is 0.200. The largest absolute Gasteiger partial charge is 0.388 e. The summed E-state index contributed by atoms with van der Waals surface area (Å²) in [4.78, 5) is 0. The maximum Gasteiger partial charge on any atom is 0.127 e. The van der Waals surface area contributed by atoms with Crippen molar-refractivity contribution in [2.24, 2.45) is 0 Å². The van der Waals surface area contributed by atoms with Gasteiger partial charge >= 0.3 is 0 Å².